The van der Waals surface area contributed by atoms with Crippen molar-refractivity contribution in [2.75, 3.05) is 0 Å². The van der Waals surface area contributed by atoms with Crippen LogP contribution in [-0.4, -0.2) is 23.3 Å². The summed E-state index contributed by atoms with van der Waals surface area (Å²) in [5.41, 5.74) is 5.69. The van der Waals surface area contributed by atoms with Crippen LogP contribution in [0.1, 0.15) is 89.9 Å². The third-order valence-corrected chi connectivity index (χ3v) is 10.2. The first-order chi connectivity index (χ1) is 15.6. The third-order valence-electron chi connectivity index (χ3n) is 10.2. The van der Waals surface area contributed by atoms with Crippen LogP contribution in [0.15, 0.2) is 53.1 Å². The van der Waals surface area contributed by atoms with Crippen molar-refractivity contribution in [1.82, 2.24) is 0 Å². The van der Waals surface area contributed by atoms with Crippen molar-refractivity contribution in [2.45, 2.75) is 91.8 Å². The molecule has 0 aliphatic heterocycles. The van der Waals surface area contributed by atoms with Gasteiger partial charge in [-0.3, -0.25) is 0 Å². The number of aliphatic hydroxyl groups is 1. The molecule has 0 spiro atoms. The molecule has 1 fully saturated rings. The summed E-state index contributed by atoms with van der Waals surface area (Å²) in [5, 5.41) is 10.5. The maximum atomic E-state index is 12.9. The van der Waals surface area contributed by atoms with Crippen molar-refractivity contribution in [1.29, 1.82) is 0 Å². The van der Waals surface area contributed by atoms with Crippen molar-refractivity contribution < 1.29 is 14.6 Å². The molecular formula is C30H40O3. The van der Waals surface area contributed by atoms with Gasteiger partial charge in [0.15, 0.2) is 0 Å². The molecule has 1 aromatic carbocycles. The van der Waals surface area contributed by atoms with Crippen molar-refractivity contribution in [2.24, 2.45) is 28.1 Å². The van der Waals surface area contributed by atoms with Crippen molar-refractivity contribution in [3.05, 3.63) is 58.7 Å². The third kappa shape index (κ3) is 3.37. The molecule has 6 atom stereocenters. The fourth-order valence-electron chi connectivity index (χ4n) is 8.41. The van der Waals surface area contributed by atoms with E-state index >= 15 is 0 Å². The Kier molecular flexibility index (Phi) is 5.44. The molecule has 4 aliphatic rings. The van der Waals surface area contributed by atoms with Gasteiger partial charge in [-0.05, 0) is 97.8 Å². The monoisotopic (exact) mass is 448 g/mol. The number of ether oxygens (including phenoxy) is 1. The zero-order chi connectivity index (χ0) is 23.6. The number of hydrogen-bond acceptors (Lipinski definition) is 3. The van der Waals surface area contributed by atoms with Crippen LogP contribution in [-0.2, 0) is 4.74 Å². The molecular weight excluding hydrogens is 408 g/mol. The van der Waals surface area contributed by atoms with Gasteiger partial charge in [0.25, 0.3) is 0 Å². The maximum absolute atomic E-state index is 12.9. The number of hydrogen-bond donors (Lipinski definition) is 1. The minimum Gasteiger partial charge on any atom is -0.458 e. The Labute approximate surface area is 199 Å². The molecule has 0 bridgehead atoms. The number of benzene rings is 1. The molecule has 5 rings (SSSR count). The summed E-state index contributed by atoms with van der Waals surface area (Å²) in [7, 11) is 0. The standard InChI is InChI=1S/C30H40O3/c1-19(31)22-12-13-23-21-11-14-25-28(2,3)26(33-27(32)20-9-7-6-8-10-20)16-18-30(25,5)24(21)15-17-29(22,23)4/h6-10,13,19,22,25-26,31H,11-12,14-18H2,1-5H3/t19?,22-,25?,26+,29-,30-/m1/s1. The van der Waals surface area contributed by atoms with Gasteiger partial charge in [0.1, 0.15) is 6.10 Å². The highest BCUT2D eigenvalue weighted by molar-refractivity contribution is 5.89. The number of carbonyl (C=O) groups is 1. The van der Waals surface area contributed by atoms with Crippen molar-refractivity contribution in [3.63, 3.8) is 0 Å². The highest BCUT2D eigenvalue weighted by atomic mass is 16.5. The van der Waals surface area contributed by atoms with Crippen LogP contribution in [0.2, 0.25) is 0 Å². The topological polar surface area (TPSA) is 46.5 Å². The molecule has 2 unspecified atom stereocenters. The highest BCUT2D eigenvalue weighted by Gasteiger charge is 2.58. The number of allylic oxidation sites excluding steroid dienone is 4. The van der Waals surface area contributed by atoms with Gasteiger partial charge in [-0.1, -0.05) is 57.5 Å². The molecule has 0 heterocycles. The lowest BCUT2D eigenvalue weighted by Gasteiger charge is -2.59. The van der Waals surface area contributed by atoms with E-state index in [-0.39, 0.29) is 34.4 Å². The number of esters is 1. The number of aliphatic hydroxyl groups excluding tert-OH is 1. The lowest BCUT2D eigenvalue weighted by molar-refractivity contribution is -0.0994. The fraction of sp³-hybridized carbons (Fsp3) is 0.633. The zero-order valence-corrected chi connectivity index (χ0v) is 21.0. The minimum absolute atomic E-state index is 0.0513. The molecule has 1 saturated carbocycles. The van der Waals surface area contributed by atoms with Crippen LogP contribution in [0.25, 0.3) is 0 Å². The highest BCUT2D eigenvalue weighted by Crippen LogP contribution is 2.66. The Bertz CT molecular complexity index is 1000. The Morgan fingerprint density at radius 3 is 2.45 bits per heavy atom. The molecule has 4 aliphatic carbocycles. The first-order valence-corrected chi connectivity index (χ1v) is 13.0. The van der Waals surface area contributed by atoms with E-state index in [2.05, 4.69) is 33.8 Å². The van der Waals surface area contributed by atoms with Crippen molar-refractivity contribution >= 4 is 5.97 Å². The molecule has 0 aromatic heterocycles. The number of rotatable bonds is 3. The van der Waals surface area contributed by atoms with Crippen LogP contribution < -0.4 is 0 Å². The molecule has 33 heavy (non-hydrogen) atoms. The van der Waals surface area contributed by atoms with E-state index in [9.17, 15) is 9.90 Å². The molecule has 3 heteroatoms. The van der Waals surface area contributed by atoms with E-state index < -0.39 is 0 Å². The average molecular weight is 449 g/mol. The Balaban J connectivity index is 1.42. The summed E-state index contributed by atoms with van der Waals surface area (Å²) in [6.07, 6.45) is 9.69. The second-order valence-electron chi connectivity index (χ2n) is 12.2. The van der Waals surface area contributed by atoms with Gasteiger partial charge in [-0.25, -0.2) is 4.79 Å². The molecule has 1 aromatic rings. The summed E-state index contributed by atoms with van der Waals surface area (Å²) < 4.78 is 6.15. The first-order valence-electron chi connectivity index (χ1n) is 13.0. The number of fused-ring (bicyclic) bond motifs is 4. The van der Waals surface area contributed by atoms with Crippen LogP contribution in [0, 0.1) is 28.1 Å². The quantitative estimate of drug-likeness (QED) is 0.513. The Morgan fingerprint density at radius 1 is 1.03 bits per heavy atom. The smallest absolute Gasteiger partial charge is 0.338 e. The van der Waals surface area contributed by atoms with Crippen LogP contribution >= 0.6 is 0 Å². The summed E-state index contributed by atoms with van der Waals surface area (Å²) in [6.45, 7) is 11.5. The predicted octanol–water partition coefficient (Wildman–Crippen LogP) is 6.87. The minimum atomic E-state index is -0.258. The van der Waals surface area contributed by atoms with Gasteiger partial charge in [0, 0.05) is 5.41 Å². The van der Waals surface area contributed by atoms with Gasteiger partial charge in [-0.15, -0.1) is 0 Å². The maximum Gasteiger partial charge on any atom is 0.338 e. The lowest BCUT2D eigenvalue weighted by atomic mass is 9.46. The van der Waals surface area contributed by atoms with E-state index in [1.54, 1.807) is 16.7 Å². The van der Waals surface area contributed by atoms with Gasteiger partial charge in [0.2, 0.25) is 0 Å². The van der Waals surface area contributed by atoms with Gasteiger partial charge >= 0.3 is 5.97 Å². The van der Waals surface area contributed by atoms with Crippen LogP contribution in [0.5, 0.6) is 0 Å². The predicted molar refractivity (Wildman–Crippen MR) is 132 cm³/mol. The molecule has 0 saturated heterocycles. The summed E-state index contributed by atoms with van der Waals surface area (Å²) in [5.74, 6) is 0.656. The summed E-state index contributed by atoms with van der Waals surface area (Å²) in [4.78, 5) is 12.9. The van der Waals surface area contributed by atoms with E-state index in [4.69, 9.17) is 4.74 Å². The second-order valence-corrected chi connectivity index (χ2v) is 12.2. The van der Waals surface area contributed by atoms with E-state index in [0.717, 1.165) is 44.9 Å². The second kappa shape index (κ2) is 7.83. The van der Waals surface area contributed by atoms with Gasteiger partial charge < -0.3 is 9.84 Å². The first kappa shape index (κ1) is 22.9. The molecule has 0 amide bonds. The average Bonchev–Trinajstić information content (AvgIpc) is 3.14. The van der Waals surface area contributed by atoms with E-state index in [0.29, 0.717) is 17.4 Å². The normalized spacial score (nSPS) is 38.0. The number of carbonyl (C=O) groups excluding carboxylic acids is 1. The molecule has 3 nitrogen and oxygen atoms in total. The molecule has 0 radical (unpaired) electrons. The van der Waals surface area contributed by atoms with Gasteiger partial charge in [-0.2, -0.15) is 0 Å². The largest absolute Gasteiger partial charge is 0.458 e. The Morgan fingerprint density at radius 2 is 1.76 bits per heavy atom. The van der Waals surface area contributed by atoms with E-state index in [1.807, 2.05) is 37.3 Å². The summed E-state index contributed by atoms with van der Waals surface area (Å²) in [6, 6.07) is 9.40. The van der Waals surface area contributed by atoms with Gasteiger partial charge in [0.05, 0.1) is 11.7 Å². The summed E-state index contributed by atoms with van der Waals surface area (Å²) >= 11 is 0. The Hall–Kier alpha value is -1.87. The van der Waals surface area contributed by atoms with Crippen molar-refractivity contribution in [3.8, 4) is 0 Å². The fourth-order valence-corrected chi connectivity index (χ4v) is 8.41. The van der Waals surface area contributed by atoms with E-state index in [1.165, 1.54) is 0 Å². The molecule has 1 N–H and O–H groups in total. The lowest BCUT2D eigenvalue weighted by Crippen LogP contribution is -2.54. The zero-order valence-electron chi connectivity index (χ0n) is 21.0. The molecule has 178 valence electrons. The van der Waals surface area contributed by atoms with Crippen LogP contribution in [0.3, 0.4) is 0 Å². The van der Waals surface area contributed by atoms with Crippen LogP contribution in [0.4, 0.5) is 0 Å². The SMILES string of the molecule is CC(O)[C@H]1CC=C2C3=C(CC[C@@]21C)[C@@]1(C)CC[C@H](OC(=O)c2ccccc2)C(C)(C)C1CC3.